The molecule has 1 saturated carbocycles. The van der Waals surface area contributed by atoms with Crippen LogP contribution in [0.1, 0.15) is 19.3 Å². The number of aromatic nitrogens is 2. The number of hydrogen-bond donors (Lipinski definition) is 2. The molecule has 5 nitrogen and oxygen atoms in total. The number of thiazole rings is 1. The fourth-order valence-electron chi connectivity index (χ4n) is 2.43. The van der Waals surface area contributed by atoms with Gasteiger partial charge in [-0.25, -0.2) is 4.98 Å². The zero-order chi connectivity index (χ0) is 13.9. The highest BCUT2D eigenvalue weighted by Crippen LogP contribution is 2.27. The van der Waals surface area contributed by atoms with E-state index >= 15 is 0 Å². The number of nitrogens with one attached hydrogen (secondary N) is 1. The number of hydrogen-bond acceptors (Lipinski definition) is 5. The van der Waals surface area contributed by atoms with Gasteiger partial charge in [0.25, 0.3) is 0 Å². The van der Waals surface area contributed by atoms with Gasteiger partial charge >= 0.3 is 0 Å². The summed E-state index contributed by atoms with van der Waals surface area (Å²) in [6, 6.07) is 5.84. The van der Waals surface area contributed by atoms with Crippen LogP contribution in [0.15, 0.2) is 29.8 Å². The maximum Gasteiger partial charge on any atom is 0.229 e. The smallest absolute Gasteiger partial charge is 0.229 e. The lowest BCUT2D eigenvalue weighted by molar-refractivity contribution is -0.119. The van der Waals surface area contributed by atoms with Crippen LogP contribution in [0.2, 0.25) is 0 Å². The van der Waals surface area contributed by atoms with Crippen LogP contribution in [-0.2, 0) is 4.79 Å². The van der Waals surface area contributed by atoms with Crippen molar-refractivity contribution in [3.05, 3.63) is 29.8 Å². The molecular formula is C14H16N4OS. The minimum Gasteiger partial charge on any atom is -0.328 e. The van der Waals surface area contributed by atoms with Crippen LogP contribution in [0.5, 0.6) is 0 Å². The van der Waals surface area contributed by atoms with Crippen molar-refractivity contribution in [3.63, 3.8) is 0 Å². The van der Waals surface area contributed by atoms with Crippen LogP contribution >= 0.6 is 11.3 Å². The average molecular weight is 288 g/mol. The Morgan fingerprint density at radius 2 is 2.25 bits per heavy atom. The number of pyridine rings is 1. The van der Waals surface area contributed by atoms with Crippen LogP contribution in [-0.4, -0.2) is 21.9 Å². The summed E-state index contributed by atoms with van der Waals surface area (Å²) >= 11 is 1.42. The van der Waals surface area contributed by atoms with Gasteiger partial charge in [-0.1, -0.05) is 6.07 Å². The Kier molecular flexibility index (Phi) is 3.75. The summed E-state index contributed by atoms with van der Waals surface area (Å²) < 4.78 is 0. The number of carbonyl (C=O) groups is 1. The van der Waals surface area contributed by atoms with Crippen molar-refractivity contribution >= 4 is 22.4 Å². The molecule has 2 aromatic rings. The third kappa shape index (κ3) is 2.86. The molecule has 0 spiro atoms. The Balaban J connectivity index is 1.67. The molecule has 20 heavy (non-hydrogen) atoms. The van der Waals surface area contributed by atoms with Crippen molar-refractivity contribution in [2.24, 2.45) is 11.7 Å². The first-order chi connectivity index (χ1) is 9.72. The molecule has 1 amide bonds. The molecule has 1 aliphatic carbocycles. The monoisotopic (exact) mass is 288 g/mol. The predicted molar refractivity (Wildman–Crippen MR) is 79.3 cm³/mol. The molecule has 0 bridgehead atoms. The minimum atomic E-state index is 0.0206. The first-order valence-electron chi connectivity index (χ1n) is 6.66. The zero-order valence-corrected chi connectivity index (χ0v) is 11.8. The molecule has 6 heteroatoms. The normalized spacial score (nSPS) is 21.9. The molecule has 2 aromatic heterocycles. The molecule has 104 valence electrons. The van der Waals surface area contributed by atoms with E-state index in [4.69, 9.17) is 5.73 Å². The summed E-state index contributed by atoms with van der Waals surface area (Å²) in [6.45, 7) is 0. The fourth-order valence-corrected chi connectivity index (χ4v) is 3.13. The van der Waals surface area contributed by atoms with E-state index < -0.39 is 0 Å². The highest BCUT2D eigenvalue weighted by Gasteiger charge is 2.28. The molecule has 2 atom stereocenters. The summed E-state index contributed by atoms with van der Waals surface area (Å²) in [7, 11) is 0. The first kappa shape index (κ1) is 13.2. The van der Waals surface area contributed by atoms with Gasteiger partial charge < -0.3 is 11.1 Å². The molecule has 3 N–H and O–H groups in total. The average Bonchev–Trinajstić information content (AvgIpc) is 3.09. The second kappa shape index (κ2) is 5.68. The van der Waals surface area contributed by atoms with Crippen LogP contribution in [0.3, 0.4) is 0 Å². The SMILES string of the molecule is NC1CCC(C(=O)Nc2nc(-c3ccccn3)cs2)C1. The lowest BCUT2D eigenvalue weighted by Crippen LogP contribution is -2.23. The molecule has 2 heterocycles. The van der Waals surface area contributed by atoms with Gasteiger partial charge in [0.1, 0.15) is 5.69 Å². The lowest BCUT2D eigenvalue weighted by Gasteiger charge is -2.08. The Labute approximate surface area is 121 Å². The number of nitrogens with two attached hydrogens (primary N) is 1. The standard InChI is InChI=1S/C14H16N4OS/c15-10-5-4-9(7-10)13(19)18-14-17-12(8-20-14)11-3-1-2-6-16-11/h1-3,6,8-10H,4-5,7,15H2,(H,17,18,19). The first-order valence-corrected chi connectivity index (χ1v) is 7.53. The summed E-state index contributed by atoms with van der Waals surface area (Å²) in [5.74, 6) is 0.0482. The number of nitrogens with zero attached hydrogens (tertiary/aromatic N) is 2. The summed E-state index contributed by atoms with van der Waals surface area (Å²) in [5, 5.41) is 5.40. The molecule has 2 unspecified atom stereocenters. The topological polar surface area (TPSA) is 80.9 Å². The summed E-state index contributed by atoms with van der Waals surface area (Å²) in [5.41, 5.74) is 7.43. The third-order valence-electron chi connectivity index (χ3n) is 3.51. The van der Waals surface area contributed by atoms with E-state index in [2.05, 4.69) is 15.3 Å². The Morgan fingerprint density at radius 3 is 2.95 bits per heavy atom. The van der Waals surface area contributed by atoms with Crippen molar-refractivity contribution < 1.29 is 4.79 Å². The molecule has 1 aliphatic rings. The van der Waals surface area contributed by atoms with Crippen LogP contribution < -0.4 is 11.1 Å². The summed E-state index contributed by atoms with van der Waals surface area (Å²) in [4.78, 5) is 20.7. The molecule has 1 fully saturated rings. The Bertz CT molecular complexity index is 598. The van der Waals surface area contributed by atoms with Gasteiger partial charge in [-0.15, -0.1) is 11.3 Å². The zero-order valence-electron chi connectivity index (χ0n) is 11.0. The van der Waals surface area contributed by atoms with Gasteiger partial charge in [0, 0.05) is 23.5 Å². The number of anilines is 1. The van der Waals surface area contributed by atoms with Gasteiger partial charge in [-0.05, 0) is 31.4 Å². The highest BCUT2D eigenvalue weighted by atomic mass is 32.1. The van der Waals surface area contributed by atoms with E-state index in [1.165, 1.54) is 11.3 Å². The Morgan fingerprint density at radius 1 is 1.35 bits per heavy atom. The van der Waals surface area contributed by atoms with E-state index in [9.17, 15) is 4.79 Å². The third-order valence-corrected chi connectivity index (χ3v) is 4.26. The van der Waals surface area contributed by atoms with Crippen LogP contribution in [0.4, 0.5) is 5.13 Å². The van der Waals surface area contributed by atoms with Crippen LogP contribution in [0, 0.1) is 5.92 Å². The van der Waals surface area contributed by atoms with E-state index in [0.717, 1.165) is 30.7 Å². The van der Waals surface area contributed by atoms with E-state index in [1.54, 1.807) is 6.20 Å². The summed E-state index contributed by atoms with van der Waals surface area (Å²) in [6.07, 6.45) is 4.29. The van der Waals surface area contributed by atoms with E-state index in [1.807, 2.05) is 23.6 Å². The number of amides is 1. The molecule has 0 saturated heterocycles. The molecule has 0 aliphatic heterocycles. The second-order valence-electron chi connectivity index (χ2n) is 5.01. The van der Waals surface area contributed by atoms with Gasteiger partial charge in [0.15, 0.2) is 5.13 Å². The number of rotatable bonds is 3. The minimum absolute atomic E-state index is 0.0206. The maximum atomic E-state index is 12.1. The Hall–Kier alpha value is -1.79. The van der Waals surface area contributed by atoms with Crippen molar-refractivity contribution in [3.8, 4) is 11.4 Å². The molecular weight excluding hydrogens is 272 g/mol. The lowest BCUT2D eigenvalue weighted by atomic mass is 10.1. The largest absolute Gasteiger partial charge is 0.328 e. The predicted octanol–water partition coefficient (Wildman–Crippen LogP) is 2.27. The highest BCUT2D eigenvalue weighted by molar-refractivity contribution is 7.14. The van der Waals surface area contributed by atoms with E-state index in [0.29, 0.717) is 5.13 Å². The van der Waals surface area contributed by atoms with Gasteiger partial charge in [0.2, 0.25) is 5.91 Å². The van der Waals surface area contributed by atoms with Crippen molar-refractivity contribution in [2.45, 2.75) is 25.3 Å². The van der Waals surface area contributed by atoms with Gasteiger partial charge in [0.05, 0.1) is 5.69 Å². The van der Waals surface area contributed by atoms with Crippen molar-refractivity contribution in [1.29, 1.82) is 0 Å². The maximum absolute atomic E-state index is 12.1. The van der Waals surface area contributed by atoms with Crippen LogP contribution in [0.25, 0.3) is 11.4 Å². The van der Waals surface area contributed by atoms with Crippen molar-refractivity contribution in [2.75, 3.05) is 5.32 Å². The second-order valence-corrected chi connectivity index (χ2v) is 5.87. The number of carbonyl (C=O) groups excluding carboxylic acids is 1. The molecule has 0 aromatic carbocycles. The van der Waals surface area contributed by atoms with Crippen molar-refractivity contribution in [1.82, 2.24) is 9.97 Å². The molecule has 0 radical (unpaired) electrons. The molecule has 3 rings (SSSR count). The van der Waals surface area contributed by atoms with Gasteiger partial charge in [-0.3, -0.25) is 9.78 Å². The van der Waals surface area contributed by atoms with Gasteiger partial charge in [-0.2, -0.15) is 0 Å². The quantitative estimate of drug-likeness (QED) is 0.908. The van der Waals surface area contributed by atoms with E-state index in [-0.39, 0.29) is 17.9 Å². The fraction of sp³-hybridized carbons (Fsp3) is 0.357.